The number of carbonyl (C=O) groups is 1. The van der Waals surface area contributed by atoms with Gasteiger partial charge in [-0.05, 0) is 72.5 Å². The maximum atomic E-state index is 13.9. The lowest BCUT2D eigenvalue weighted by Crippen LogP contribution is -2.45. The molecule has 3 aromatic carbocycles. The average Bonchev–Trinajstić information content (AvgIpc) is 3.60. The van der Waals surface area contributed by atoms with Gasteiger partial charge in [-0.2, -0.15) is 4.31 Å². The summed E-state index contributed by atoms with van der Waals surface area (Å²) < 4.78 is 54.0. The first-order valence-corrected chi connectivity index (χ1v) is 14.4. The SMILES string of the molecule is Cc1ccc(CN(Cc2ccc(F)cc2)C(=O)CN(CC2CCCO2)S(=O)(=O)c2ccc3ccccc3c2)o1. The molecule has 2 heterocycles. The van der Waals surface area contributed by atoms with Crippen LogP contribution in [0.5, 0.6) is 0 Å². The van der Waals surface area contributed by atoms with E-state index >= 15 is 0 Å². The zero-order chi connectivity index (χ0) is 27.4. The van der Waals surface area contributed by atoms with Crippen LogP contribution in [-0.4, -0.2) is 49.3 Å². The summed E-state index contributed by atoms with van der Waals surface area (Å²) in [4.78, 5) is 15.4. The number of rotatable bonds is 10. The van der Waals surface area contributed by atoms with Gasteiger partial charge >= 0.3 is 0 Å². The van der Waals surface area contributed by atoms with Crippen LogP contribution >= 0.6 is 0 Å². The van der Waals surface area contributed by atoms with Gasteiger partial charge in [0.05, 0.1) is 24.1 Å². The smallest absolute Gasteiger partial charge is 0.243 e. The summed E-state index contributed by atoms with van der Waals surface area (Å²) >= 11 is 0. The van der Waals surface area contributed by atoms with Crippen LogP contribution in [0.2, 0.25) is 0 Å². The quantitative estimate of drug-likeness (QED) is 0.269. The van der Waals surface area contributed by atoms with E-state index in [9.17, 15) is 17.6 Å². The number of amides is 1. The van der Waals surface area contributed by atoms with Gasteiger partial charge in [-0.3, -0.25) is 4.79 Å². The van der Waals surface area contributed by atoms with Crippen LogP contribution in [0.1, 0.15) is 29.9 Å². The van der Waals surface area contributed by atoms with Crippen molar-refractivity contribution in [1.82, 2.24) is 9.21 Å². The fourth-order valence-corrected chi connectivity index (χ4v) is 6.25. The fraction of sp³-hybridized carbons (Fsp3) is 0.300. The molecule has 1 unspecified atom stereocenters. The van der Waals surface area contributed by atoms with Gasteiger partial charge in [0.15, 0.2) is 0 Å². The molecule has 5 rings (SSSR count). The second-order valence-electron chi connectivity index (χ2n) is 9.83. The molecule has 0 spiro atoms. The van der Waals surface area contributed by atoms with E-state index in [4.69, 9.17) is 9.15 Å². The van der Waals surface area contributed by atoms with Gasteiger partial charge in [-0.15, -0.1) is 0 Å². The van der Waals surface area contributed by atoms with Crippen LogP contribution in [0.25, 0.3) is 10.8 Å². The van der Waals surface area contributed by atoms with E-state index in [0.29, 0.717) is 18.1 Å². The molecule has 7 nitrogen and oxygen atoms in total. The Kier molecular flexibility index (Phi) is 8.11. The molecule has 0 N–H and O–H groups in total. The lowest BCUT2D eigenvalue weighted by atomic mass is 10.1. The van der Waals surface area contributed by atoms with Crippen LogP contribution in [0.4, 0.5) is 4.39 Å². The maximum absolute atomic E-state index is 13.9. The molecule has 204 valence electrons. The summed E-state index contributed by atoms with van der Waals surface area (Å²) in [6, 6.07) is 22.0. The van der Waals surface area contributed by atoms with Crippen molar-refractivity contribution < 1.29 is 26.8 Å². The molecule has 4 aromatic rings. The lowest BCUT2D eigenvalue weighted by Gasteiger charge is -2.28. The highest BCUT2D eigenvalue weighted by Gasteiger charge is 2.32. The normalized spacial score (nSPS) is 15.7. The second kappa shape index (κ2) is 11.7. The Morgan fingerprint density at radius 3 is 2.44 bits per heavy atom. The molecule has 1 fully saturated rings. The molecule has 1 atom stereocenters. The summed E-state index contributed by atoms with van der Waals surface area (Å²) in [6.45, 7) is 2.41. The number of hydrogen-bond donors (Lipinski definition) is 0. The van der Waals surface area contributed by atoms with Crippen molar-refractivity contribution in [3.8, 4) is 0 Å². The molecular formula is C30H31FN2O5S. The van der Waals surface area contributed by atoms with Gasteiger partial charge < -0.3 is 14.1 Å². The minimum Gasteiger partial charge on any atom is -0.464 e. The summed E-state index contributed by atoms with van der Waals surface area (Å²) in [5.41, 5.74) is 0.719. The highest BCUT2D eigenvalue weighted by Crippen LogP contribution is 2.25. The van der Waals surface area contributed by atoms with Gasteiger partial charge in [0.2, 0.25) is 15.9 Å². The Morgan fingerprint density at radius 1 is 0.974 bits per heavy atom. The number of benzene rings is 3. The molecule has 1 amide bonds. The predicted octanol–water partition coefficient (Wildman–Crippen LogP) is 5.28. The van der Waals surface area contributed by atoms with E-state index in [2.05, 4.69) is 0 Å². The van der Waals surface area contributed by atoms with E-state index in [-0.39, 0.29) is 43.0 Å². The standard InChI is InChI=1S/C30H31FN2O5S/c1-22-8-14-28(38-22)19-32(18-23-9-12-26(31)13-10-23)30(34)21-33(20-27-7-4-16-37-27)39(35,36)29-15-11-24-5-2-3-6-25(24)17-29/h2-3,5-6,8-15,17,27H,4,7,16,18-21H2,1H3. The molecule has 0 aliphatic carbocycles. The van der Waals surface area contributed by atoms with Gasteiger partial charge in [0, 0.05) is 19.7 Å². The van der Waals surface area contributed by atoms with Crippen LogP contribution < -0.4 is 0 Å². The third kappa shape index (κ3) is 6.55. The number of hydrogen-bond acceptors (Lipinski definition) is 5. The lowest BCUT2D eigenvalue weighted by molar-refractivity contribution is -0.133. The summed E-state index contributed by atoms with van der Waals surface area (Å²) in [6.07, 6.45) is 1.28. The van der Waals surface area contributed by atoms with E-state index in [1.807, 2.05) is 37.3 Å². The van der Waals surface area contributed by atoms with Crippen LogP contribution in [0.15, 0.2) is 88.2 Å². The van der Waals surface area contributed by atoms with E-state index < -0.39 is 15.9 Å². The van der Waals surface area contributed by atoms with Gasteiger partial charge in [-0.1, -0.05) is 42.5 Å². The molecule has 1 aliphatic heterocycles. The Bertz CT molecular complexity index is 1550. The molecule has 0 bridgehead atoms. The first-order chi connectivity index (χ1) is 18.8. The van der Waals surface area contributed by atoms with E-state index in [0.717, 1.165) is 29.2 Å². The molecule has 39 heavy (non-hydrogen) atoms. The molecule has 1 aliphatic rings. The van der Waals surface area contributed by atoms with E-state index in [1.165, 1.54) is 21.3 Å². The molecule has 0 saturated carbocycles. The summed E-state index contributed by atoms with van der Waals surface area (Å²) in [5.74, 6) is 0.516. The van der Waals surface area contributed by atoms with Crippen molar-refractivity contribution in [2.45, 2.75) is 43.9 Å². The van der Waals surface area contributed by atoms with E-state index in [1.54, 1.807) is 36.4 Å². The molecule has 1 aromatic heterocycles. The Morgan fingerprint density at radius 2 is 1.74 bits per heavy atom. The van der Waals surface area contributed by atoms with Crippen molar-refractivity contribution in [2.24, 2.45) is 0 Å². The van der Waals surface area contributed by atoms with Gasteiger partial charge in [-0.25, -0.2) is 12.8 Å². The fourth-order valence-electron chi connectivity index (χ4n) is 4.79. The number of ether oxygens (including phenoxy) is 1. The summed E-state index contributed by atoms with van der Waals surface area (Å²) in [7, 11) is -4.02. The predicted molar refractivity (Wildman–Crippen MR) is 146 cm³/mol. The van der Waals surface area contributed by atoms with Gasteiger partial charge in [0.25, 0.3) is 0 Å². The topological polar surface area (TPSA) is 80.1 Å². The third-order valence-corrected chi connectivity index (χ3v) is 8.69. The number of furan rings is 1. The minimum atomic E-state index is -4.02. The van der Waals surface area contributed by atoms with Crippen LogP contribution in [-0.2, 0) is 32.6 Å². The third-order valence-electron chi connectivity index (χ3n) is 6.88. The number of aryl methyl sites for hydroxylation is 1. The van der Waals surface area contributed by atoms with Crippen molar-refractivity contribution >= 4 is 26.7 Å². The number of carbonyl (C=O) groups excluding carboxylic acids is 1. The number of sulfonamides is 1. The highest BCUT2D eigenvalue weighted by molar-refractivity contribution is 7.89. The number of fused-ring (bicyclic) bond motifs is 1. The molecule has 0 radical (unpaired) electrons. The van der Waals surface area contributed by atoms with Crippen LogP contribution in [0, 0.1) is 12.7 Å². The van der Waals surface area contributed by atoms with Crippen molar-refractivity contribution in [3.63, 3.8) is 0 Å². The summed E-state index contributed by atoms with van der Waals surface area (Å²) in [5, 5.41) is 1.73. The van der Waals surface area contributed by atoms with Gasteiger partial charge in [0.1, 0.15) is 17.3 Å². The first kappa shape index (κ1) is 27.1. The Labute approximate surface area is 227 Å². The Balaban J connectivity index is 1.44. The molecular weight excluding hydrogens is 519 g/mol. The highest BCUT2D eigenvalue weighted by atomic mass is 32.2. The largest absolute Gasteiger partial charge is 0.464 e. The average molecular weight is 551 g/mol. The number of nitrogens with zero attached hydrogens (tertiary/aromatic N) is 2. The zero-order valence-corrected chi connectivity index (χ0v) is 22.6. The number of halogens is 1. The monoisotopic (exact) mass is 550 g/mol. The van der Waals surface area contributed by atoms with Crippen molar-refractivity contribution in [1.29, 1.82) is 0 Å². The van der Waals surface area contributed by atoms with Crippen molar-refractivity contribution in [3.05, 3.63) is 102 Å². The first-order valence-electron chi connectivity index (χ1n) is 13.0. The van der Waals surface area contributed by atoms with Crippen molar-refractivity contribution in [2.75, 3.05) is 19.7 Å². The Hall–Kier alpha value is -3.53. The second-order valence-corrected chi connectivity index (χ2v) is 11.8. The molecule has 9 heteroatoms. The zero-order valence-electron chi connectivity index (χ0n) is 21.8. The van der Waals surface area contributed by atoms with Crippen LogP contribution in [0.3, 0.4) is 0 Å². The maximum Gasteiger partial charge on any atom is 0.243 e. The molecule has 1 saturated heterocycles. The minimum absolute atomic E-state index is 0.0746.